The summed E-state index contributed by atoms with van der Waals surface area (Å²) in [6.07, 6.45) is 0.922. The maximum atomic E-state index is 12.2. The molecule has 3 atom stereocenters. The molecule has 2 aliphatic heterocycles. The van der Waals surface area contributed by atoms with Crippen molar-refractivity contribution >= 4 is 5.91 Å². The molecule has 0 aromatic heterocycles. The van der Waals surface area contributed by atoms with Gasteiger partial charge >= 0.3 is 0 Å². The number of rotatable bonds is 2. The molecule has 25 heavy (non-hydrogen) atoms. The second-order valence-corrected chi connectivity index (χ2v) is 7.08. The first-order valence-corrected chi connectivity index (χ1v) is 8.92. The zero-order chi connectivity index (χ0) is 17.4. The number of likely N-dealkylation sites (tertiary alicyclic amines) is 1. The minimum Gasteiger partial charge on any atom is -0.335 e. The van der Waals surface area contributed by atoms with E-state index in [-0.39, 0.29) is 11.9 Å². The molecular weight excluding hydrogens is 312 g/mol. The Morgan fingerprint density at radius 1 is 1.04 bits per heavy atom. The Bertz CT molecular complexity index is 744. The van der Waals surface area contributed by atoms with E-state index >= 15 is 0 Å². The van der Waals surface area contributed by atoms with Crippen molar-refractivity contribution < 1.29 is 9.63 Å². The van der Waals surface area contributed by atoms with Gasteiger partial charge < -0.3 is 4.90 Å². The number of hydroxylamine groups is 2. The van der Waals surface area contributed by atoms with E-state index in [2.05, 4.69) is 48.5 Å². The van der Waals surface area contributed by atoms with Crippen molar-refractivity contribution in [3.63, 3.8) is 0 Å². The van der Waals surface area contributed by atoms with E-state index < -0.39 is 0 Å². The van der Waals surface area contributed by atoms with E-state index in [4.69, 9.17) is 4.84 Å². The second-order valence-electron chi connectivity index (χ2n) is 7.08. The highest BCUT2D eigenvalue weighted by Crippen LogP contribution is 2.39. The highest BCUT2D eigenvalue weighted by molar-refractivity contribution is 5.74. The lowest BCUT2D eigenvalue weighted by molar-refractivity contribution is -0.137. The molecule has 2 aliphatic rings. The summed E-state index contributed by atoms with van der Waals surface area (Å²) in [5, 5.41) is 1.98. The number of amides is 1. The molecule has 0 bridgehead atoms. The lowest BCUT2D eigenvalue weighted by Gasteiger charge is -2.41. The summed E-state index contributed by atoms with van der Waals surface area (Å²) in [6.45, 7) is 3.16. The Balaban J connectivity index is 1.61. The molecule has 1 amide bonds. The molecule has 2 saturated heterocycles. The van der Waals surface area contributed by atoms with Crippen LogP contribution in [0.25, 0.3) is 11.1 Å². The predicted octanol–water partition coefficient (Wildman–Crippen LogP) is 3.51. The van der Waals surface area contributed by atoms with Crippen LogP contribution in [-0.2, 0) is 9.63 Å². The van der Waals surface area contributed by atoms with Crippen molar-refractivity contribution in [3.05, 3.63) is 60.2 Å². The minimum atomic E-state index is 0.118. The predicted molar refractivity (Wildman–Crippen MR) is 97.6 cm³/mol. The average molecular weight is 336 g/mol. The SMILES string of the molecule is CC(=O)N1C[C@H]2CON(C)[C@H]2C[C@H]1c1ccc(-c2ccccc2)cc1. The van der Waals surface area contributed by atoms with Crippen LogP contribution in [0.4, 0.5) is 0 Å². The zero-order valence-electron chi connectivity index (χ0n) is 14.8. The molecule has 2 aromatic rings. The van der Waals surface area contributed by atoms with Crippen LogP contribution in [0.5, 0.6) is 0 Å². The molecule has 2 aromatic carbocycles. The molecule has 0 spiro atoms. The van der Waals surface area contributed by atoms with Gasteiger partial charge in [0.05, 0.1) is 12.6 Å². The summed E-state index contributed by atoms with van der Waals surface area (Å²) in [6, 6.07) is 19.5. The Kier molecular flexibility index (Phi) is 4.32. The fourth-order valence-corrected chi connectivity index (χ4v) is 4.16. The summed E-state index contributed by atoms with van der Waals surface area (Å²) in [4.78, 5) is 19.9. The Morgan fingerprint density at radius 2 is 1.72 bits per heavy atom. The number of piperidine rings is 1. The van der Waals surface area contributed by atoms with Crippen LogP contribution in [0.1, 0.15) is 24.9 Å². The summed E-state index contributed by atoms with van der Waals surface area (Å²) < 4.78 is 0. The minimum absolute atomic E-state index is 0.118. The number of carbonyl (C=O) groups excluding carboxylic acids is 1. The summed E-state index contributed by atoms with van der Waals surface area (Å²) in [5.41, 5.74) is 3.62. The fourth-order valence-electron chi connectivity index (χ4n) is 4.16. The first-order valence-electron chi connectivity index (χ1n) is 8.92. The normalized spacial score (nSPS) is 26.5. The molecule has 0 saturated carbocycles. The molecule has 2 heterocycles. The van der Waals surface area contributed by atoms with Crippen molar-refractivity contribution in [1.29, 1.82) is 0 Å². The Labute approximate surface area is 149 Å². The van der Waals surface area contributed by atoms with Gasteiger partial charge in [0.1, 0.15) is 0 Å². The van der Waals surface area contributed by atoms with E-state index in [1.165, 1.54) is 16.7 Å². The maximum absolute atomic E-state index is 12.2. The van der Waals surface area contributed by atoms with Crippen molar-refractivity contribution in [3.8, 4) is 11.1 Å². The van der Waals surface area contributed by atoms with Crippen LogP contribution < -0.4 is 0 Å². The number of fused-ring (bicyclic) bond motifs is 1. The largest absolute Gasteiger partial charge is 0.335 e. The number of nitrogens with zero attached hydrogens (tertiary/aromatic N) is 2. The van der Waals surface area contributed by atoms with Crippen LogP contribution in [0.15, 0.2) is 54.6 Å². The third kappa shape index (κ3) is 3.08. The lowest BCUT2D eigenvalue weighted by atomic mass is 9.85. The standard InChI is InChI=1S/C21H24N2O2/c1-15(24)23-13-19-14-25-22(2)20(19)12-21(23)18-10-8-17(9-11-18)16-6-4-3-5-7-16/h3-11,19-21H,12-14H2,1-2H3/t19-,20-,21-/m0/s1. The van der Waals surface area contributed by atoms with E-state index in [1.54, 1.807) is 6.92 Å². The summed E-state index contributed by atoms with van der Waals surface area (Å²) in [7, 11) is 2.00. The Hall–Kier alpha value is -2.17. The molecule has 0 radical (unpaired) electrons. The number of carbonyl (C=O) groups is 1. The van der Waals surface area contributed by atoms with E-state index in [0.29, 0.717) is 18.6 Å². The topological polar surface area (TPSA) is 32.8 Å². The third-order valence-electron chi connectivity index (χ3n) is 5.58. The van der Waals surface area contributed by atoms with Gasteiger partial charge in [-0.15, -0.1) is 0 Å². The van der Waals surface area contributed by atoms with Crippen molar-refractivity contribution in [2.45, 2.75) is 25.4 Å². The van der Waals surface area contributed by atoms with Crippen LogP contribution in [-0.4, -0.2) is 42.1 Å². The van der Waals surface area contributed by atoms with Gasteiger partial charge in [-0.3, -0.25) is 9.63 Å². The molecule has 2 fully saturated rings. The van der Waals surface area contributed by atoms with Crippen LogP contribution >= 0.6 is 0 Å². The van der Waals surface area contributed by atoms with Gasteiger partial charge in [0, 0.05) is 32.5 Å². The van der Waals surface area contributed by atoms with E-state index in [0.717, 1.165) is 13.0 Å². The summed E-state index contributed by atoms with van der Waals surface area (Å²) in [5.74, 6) is 0.555. The van der Waals surface area contributed by atoms with E-state index in [1.807, 2.05) is 23.1 Å². The van der Waals surface area contributed by atoms with Crippen LogP contribution in [0, 0.1) is 5.92 Å². The summed E-state index contributed by atoms with van der Waals surface area (Å²) >= 11 is 0. The zero-order valence-corrected chi connectivity index (χ0v) is 14.8. The van der Waals surface area contributed by atoms with Crippen molar-refractivity contribution in [1.82, 2.24) is 9.96 Å². The molecular formula is C21H24N2O2. The maximum Gasteiger partial charge on any atom is 0.219 e. The smallest absolute Gasteiger partial charge is 0.219 e. The first-order chi connectivity index (χ1) is 12.1. The van der Waals surface area contributed by atoms with Crippen molar-refractivity contribution in [2.75, 3.05) is 20.2 Å². The highest BCUT2D eigenvalue weighted by Gasteiger charge is 2.43. The van der Waals surface area contributed by atoms with Gasteiger partial charge in [-0.25, -0.2) is 0 Å². The molecule has 0 aliphatic carbocycles. The molecule has 4 rings (SSSR count). The fraction of sp³-hybridized carbons (Fsp3) is 0.381. The molecule has 0 unspecified atom stereocenters. The van der Waals surface area contributed by atoms with E-state index in [9.17, 15) is 4.79 Å². The molecule has 4 nitrogen and oxygen atoms in total. The van der Waals surface area contributed by atoms with Gasteiger partial charge in [0.2, 0.25) is 5.91 Å². The lowest BCUT2D eigenvalue weighted by Crippen LogP contribution is -2.48. The Morgan fingerprint density at radius 3 is 2.40 bits per heavy atom. The monoisotopic (exact) mass is 336 g/mol. The van der Waals surface area contributed by atoms with Crippen LogP contribution in [0.3, 0.4) is 0 Å². The van der Waals surface area contributed by atoms with Gasteiger partial charge in [-0.1, -0.05) is 54.6 Å². The first kappa shape index (κ1) is 16.3. The number of benzene rings is 2. The van der Waals surface area contributed by atoms with Gasteiger partial charge in [0.25, 0.3) is 0 Å². The number of hydrogen-bond donors (Lipinski definition) is 0. The quantitative estimate of drug-likeness (QED) is 0.841. The molecule has 0 N–H and O–H groups in total. The van der Waals surface area contributed by atoms with Gasteiger partial charge in [0.15, 0.2) is 0 Å². The molecule has 130 valence electrons. The van der Waals surface area contributed by atoms with Gasteiger partial charge in [-0.2, -0.15) is 5.06 Å². The van der Waals surface area contributed by atoms with Crippen LogP contribution in [0.2, 0.25) is 0 Å². The van der Waals surface area contributed by atoms with Gasteiger partial charge in [-0.05, 0) is 23.1 Å². The highest BCUT2D eigenvalue weighted by atomic mass is 16.7. The molecule has 4 heteroatoms. The number of hydrogen-bond acceptors (Lipinski definition) is 3. The van der Waals surface area contributed by atoms with Crippen molar-refractivity contribution in [2.24, 2.45) is 5.92 Å². The second kappa shape index (κ2) is 6.62. The average Bonchev–Trinajstić information content (AvgIpc) is 3.02. The third-order valence-corrected chi connectivity index (χ3v) is 5.58.